The van der Waals surface area contributed by atoms with E-state index in [9.17, 15) is 9.59 Å². The first kappa shape index (κ1) is 18.0. The molecule has 6 nitrogen and oxygen atoms in total. The first-order chi connectivity index (χ1) is 10.0. The number of alkyl carbamates (subject to hydrolysis) is 1. The summed E-state index contributed by atoms with van der Waals surface area (Å²) in [6.07, 6.45) is 2.05. The fourth-order valence-corrected chi connectivity index (χ4v) is 4.09. The normalized spacial score (nSPS) is 22.2. The molecule has 0 aromatic carbocycles. The fraction of sp³-hybridized carbons (Fsp3) is 0.769. The highest BCUT2D eigenvalue weighted by Crippen LogP contribution is 2.38. The van der Waals surface area contributed by atoms with E-state index in [2.05, 4.69) is 10.1 Å². The third kappa shape index (κ3) is 5.35. The van der Waals surface area contributed by atoms with Crippen LogP contribution in [-0.4, -0.2) is 48.6 Å². The molecule has 0 aromatic heterocycles. The van der Waals surface area contributed by atoms with Gasteiger partial charge in [-0.2, -0.15) is 0 Å². The Morgan fingerprint density at radius 1 is 1.33 bits per heavy atom. The molecule has 0 aromatic rings. The van der Waals surface area contributed by atoms with Gasteiger partial charge in [0.2, 0.25) is 4.38 Å². The van der Waals surface area contributed by atoms with Gasteiger partial charge < -0.3 is 19.5 Å². The predicted octanol–water partition coefficient (Wildman–Crippen LogP) is 2.11. The molecular formula is C13H21NO5S2. The average Bonchev–Trinajstić information content (AvgIpc) is 2.91. The SMILES string of the molecule is CCOC(=S)SC1CCCC1C(NC(=O)OC)C(=O)OC. The molecule has 1 saturated carbocycles. The van der Waals surface area contributed by atoms with Crippen LogP contribution in [0.5, 0.6) is 0 Å². The molecule has 0 spiro atoms. The maximum absolute atomic E-state index is 11.9. The number of rotatable bonds is 5. The number of carbonyl (C=O) groups is 2. The van der Waals surface area contributed by atoms with Gasteiger partial charge >= 0.3 is 12.1 Å². The fourth-order valence-electron chi connectivity index (χ4n) is 2.41. The summed E-state index contributed by atoms with van der Waals surface area (Å²) in [4.78, 5) is 23.4. The van der Waals surface area contributed by atoms with E-state index in [0.29, 0.717) is 11.0 Å². The van der Waals surface area contributed by atoms with Crippen molar-refractivity contribution in [1.29, 1.82) is 0 Å². The number of amides is 1. The van der Waals surface area contributed by atoms with E-state index < -0.39 is 18.1 Å². The minimum absolute atomic E-state index is 0.0556. The molecule has 1 rings (SSSR count). The third-order valence-electron chi connectivity index (χ3n) is 3.36. The lowest BCUT2D eigenvalue weighted by molar-refractivity contribution is -0.144. The van der Waals surface area contributed by atoms with Gasteiger partial charge in [0.1, 0.15) is 6.04 Å². The Bertz CT molecular complexity index is 391. The van der Waals surface area contributed by atoms with E-state index in [-0.39, 0.29) is 11.2 Å². The molecule has 1 aliphatic rings. The van der Waals surface area contributed by atoms with Crippen LogP contribution in [-0.2, 0) is 19.0 Å². The second-order valence-corrected chi connectivity index (χ2v) is 6.41. The Morgan fingerprint density at radius 3 is 2.62 bits per heavy atom. The van der Waals surface area contributed by atoms with Crippen molar-refractivity contribution < 1.29 is 23.8 Å². The zero-order valence-corrected chi connectivity index (χ0v) is 14.1. The van der Waals surface area contributed by atoms with Crippen LogP contribution in [0.3, 0.4) is 0 Å². The molecule has 0 radical (unpaired) electrons. The summed E-state index contributed by atoms with van der Waals surface area (Å²) < 4.78 is 15.1. The molecule has 0 heterocycles. The van der Waals surface area contributed by atoms with Crippen LogP contribution < -0.4 is 5.32 Å². The molecule has 1 fully saturated rings. The topological polar surface area (TPSA) is 73.9 Å². The molecule has 0 saturated heterocycles. The molecule has 120 valence electrons. The minimum atomic E-state index is -0.730. The average molecular weight is 335 g/mol. The number of nitrogens with one attached hydrogen (secondary N) is 1. The lowest BCUT2D eigenvalue weighted by Crippen LogP contribution is -2.48. The largest absolute Gasteiger partial charge is 0.479 e. The molecule has 21 heavy (non-hydrogen) atoms. The first-order valence-corrected chi connectivity index (χ1v) is 8.08. The second kappa shape index (κ2) is 9.09. The Hall–Kier alpha value is -1.02. The molecule has 0 aliphatic heterocycles. The summed E-state index contributed by atoms with van der Waals surface area (Å²) in [6, 6.07) is -0.730. The maximum Gasteiger partial charge on any atom is 0.407 e. The molecule has 3 atom stereocenters. The Balaban J connectivity index is 2.76. The summed E-state index contributed by atoms with van der Waals surface area (Å²) in [7, 11) is 2.56. The van der Waals surface area contributed by atoms with Crippen LogP contribution >= 0.6 is 24.0 Å². The van der Waals surface area contributed by atoms with Gasteiger partial charge in [0, 0.05) is 11.2 Å². The molecule has 0 bridgehead atoms. The summed E-state index contributed by atoms with van der Waals surface area (Å²) in [5.74, 6) is -0.528. The van der Waals surface area contributed by atoms with Gasteiger partial charge in [-0.05, 0) is 32.0 Å². The van der Waals surface area contributed by atoms with Crippen molar-refractivity contribution >= 4 is 40.4 Å². The summed E-state index contributed by atoms with van der Waals surface area (Å²) in [6.45, 7) is 2.39. The van der Waals surface area contributed by atoms with Crippen LogP contribution in [0.4, 0.5) is 4.79 Å². The highest BCUT2D eigenvalue weighted by Gasteiger charge is 2.40. The highest BCUT2D eigenvalue weighted by atomic mass is 32.2. The van der Waals surface area contributed by atoms with Crippen LogP contribution in [0.1, 0.15) is 26.2 Å². The Morgan fingerprint density at radius 2 is 2.05 bits per heavy atom. The monoisotopic (exact) mass is 335 g/mol. The number of esters is 1. The van der Waals surface area contributed by atoms with Crippen molar-refractivity contribution in [3.63, 3.8) is 0 Å². The molecular weight excluding hydrogens is 314 g/mol. The van der Waals surface area contributed by atoms with E-state index >= 15 is 0 Å². The van der Waals surface area contributed by atoms with Crippen molar-refractivity contribution in [2.24, 2.45) is 5.92 Å². The van der Waals surface area contributed by atoms with Crippen LogP contribution in [0.25, 0.3) is 0 Å². The van der Waals surface area contributed by atoms with E-state index in [1.807, 2.05) is 6.92 Å². The predicted molar refractivity (Wildman–Crippen MR) is 84.3 cm³/mol. The van der Waals surface area contributed by atoms with Gasteiger partial charge in [0.15, 0.2) is 0 Å². The van der Waals surface area contributed by atoms with E-state index in [4.69, 9.17) is 21.7 Å². The standard InChI is InChI=1S/C13H21NO5S2/c1-4-19-13(20)21-9-7-5-6-8(9)10(11(15)17-2)14-12(16)18-3/h8-10H,4-7H2,1-3H3,(H,14,16). The number of hydrogen-bond donors (Lipinski definition) is 1. The van der Waals surface area contributed by atoms with Crippen LogP contribution in [0, 0.1) is 5.92 Å². The van der Waals surface area contributed by atoms with Gasteiger partial charge in [0.05, 0.1) is 20.8 Å². The van der Waals surface area contributed by atoms with Crippen molar-refractivity contribution in [3.8, 4) is 0 Å². The minimum Gasteiger partial charge on any atom is -0.479 e. The molecule has 1 N–H and O–H groups in total. The molecule has 3 unspecified atom stereocenters. The van der Waals surface area contributed by atoms with E-state index in [0.717, 1.165) is 19.3 Å². The van der Waals surface area contributed by atoms with Crippen molar-refractivity contribution in [2.45, 2.75) is 37.5 Å². The number of methoxy groups -OCH3 is 2. The number of carbonyl (C=O) groups excluding carboxylic acids is 2. The summed E-state index contributed by atoms with van der Waals surface area (Å²) >= 11 is 6.59. The summed E-state index contributed by atoms with van der Waals surface area (Å²) in [5.41, 5.74) is 0. The summed E-state index contributed by atoms with van der Waals surface area (Å²) in [5, 5.41) is 2.68. The van der Waals surface area contributed by atoms with Gasteiger partial charge in [-0.3, -0.25) is 0 Å². The lowest BCUT2D eigenvalue weighted by Gasteiger charge is -2.26. The van der Waals surface area contributed by atoms with Gasteiger partial charge in [-0.1, -0.05) is 18.2 Å². The lowest BCUT2D eigenvalue weighted by atomic mass is 9.98. The molecule has 1 amide bonds. The Labute approximate surface area is 134 Å². The number of thiocarbonyl (C=S) groups is 1. The maximum atomic E-state index is 11.9. The van der Waals surface area contributed by atoms with E-state index in [1.54, 1.807) is 0 Å². The van der Waals surface area contributed by atoms with Gasteiger partial charge in [0.25, 0.3) is 0 Å². The van der Waals surface area contributed by atoms with Gasteiger partial charge in [-0.25, -0.2) is 9.59 Å². The van der Waals surface area contributed by atoms with Crippen molar-refractivity contribution in [2.75, 3.05) is 20.8 Å². The quantitative estimate of drug-likeness (QED) is 0.609. The van der Waals surface area contributed by atoms with Gasteiger partial charge in [-0.15, -0.1) is 0 Å². The zero-order valence-electron chi connectivity index (χ0n) is 12.4. The van der Waals surface area contributed by atoms with Crippen molar-refractivity contribution in [3.05, 3.63) is 0 Å². The van der Waals surface area contributed by atoms with Crippen molar-refractivity contribution in [1.82, 2.24) is 5.32 Å². The first-order valence-electron chi connectivity index (χ1n) is 6.79. The number of hydrogen-bond acceptors (Lipinski definition) is 7. The third-order valence-corrected chi connectivity index (χ3v) is 4.96. The smallest absolute Gasteiger partial charge is 0.407 e. The second-order valence-electron chi connectivity index (χ2n) is 4.57. The van der Waals surface area contributed by atoms with Crippen LogP contribution in [0.15, 0.2) is 0 Å². The highest BCUT2D eigenvalue weighted by molar-refractivity contribution is 8.23. The zero-order chi connectivity index (χ0) is 15.8. The molecule has 1 aliphatic carbocycles. The molecule has 8 heteroatoms. The number of ether oxygens (including phenoxy) is 3. The van der Waals surface area contributed by atoms with Crippen LogP contribution in [0.2, 0.25) is 0 Å². The Kier molecular flexibility index (Phi) is 7.81. The van der Waals surface area contributed by atoms with E-state index in [1.165, 1.54) is 26.0 Å². The number of thioether (sulfide) groups is 1.